The smallest absolute Gasteiger partial charge is 0.259 e. The number of aryl methyl sites for hydroxylation is 2. The van der Waals surface area contributed by atoms with Crippen molar-refractivity contribution in [2.24, 2.45) is 0 Å². The van der Waals surface area contributed by atoms with Crippen LogP contribution < -0.4 is 5.32 Å². The molecule has 1 N–H and O–H groups in total. The molecule has 1 amide bonds. The minimum atomic E-state index is -0.652. The second kappa shape index (κ2) is 6.99. The lowest BCUT2D eigenvalue weighted by molar-refractivity contribution is 0.102. The third-order valence-electron chi connectivity index (χ3n) is 3.58. The lowest BCUT2D eigenvalue weighted by atomic mass is 10.1. The predicted octanol–water partition coefficient (Wildman–Crippen LogP) is 4.81. The summed E-state index contributed by atoms with van der Waals surface area (Å²) in [5.41, 5.74) is 2.63. The predicted molar refractivity (Wildman–Crippen MR) is 96.3 cm³/mol. The van der Waals surface area contributed by atoms with Crippen LogP contribution in [0.5, 0.6) is 0 Å². The van der Waals surface area contributed by atoms with Crippen molar-refractivity contribution in [1.82, 2.24) is 9.97 Å². The quantitative estimate of drug-likeness (QED) is 0.733. The Hall–Kier alpha value is -2.79. The average molecular weight is 356 g/mol. The Morgan fingerprint density at radius 2 is 1.96 bits per heavy atom. The molecule has 0 aliphatic rings. The number of nitrogens with zero attached hydrogens (tertiary/aromatic N) is 2. The molecule has 3 aromatic rings. The first-order valence-electron chi connectivity index (χ1n) is 7.61. The Labute approximate surface area is 149 Å². The molecule has 0 spiro atoms. The van der Waals surface area contributed by atoms with Crippen molar-refractivity contribution >= 4 is 23.3 Å². The van der Waals surface area contributed by atoms with Crippen LogP contribution in [0, 0.1) is 19.7 Å². The molecule has 25 heavy (non-hydrogen) atoms. The van der Waals surface area contributed by atoms with Gasteiger partial charge in [0.15, 0.2) is 0 Å². The second-order valence-corrected chi connectivity index (χ2v) is 6.06. The maximum Gasteiger partial charge on any atom is 0.259 e. The van der Waals surface area contributed by atoms with Crippen molar-refractivity contribution in [3.05, 3.63) is 76.3 Å². The number of hydrogen-bond donors (Lipinski definition) is 1. The van der Waals surface area contributed by atoms with E-state index in [1.807, 2.05) is 19.9 Å². The van der Waals surface area contributed by atoms with Gasteiger partial charge in [-0.2, -0.15) is 0 Å². The molecule has 0 saturated carbocycles. The van der Waals surface area contributed by atoms with Crippen molar-refractivity contribution in [3.63, 3.8) is 0 Å². The molecule has 0 saturated heterocycles. The molecule has 2 aromatic heterocycles. The van der Waals surface area contributed by atoms with Gasteiger partial charge in [-0.1, -0.05) is 17.7 Å². The summed E-state index contributed by atoms with van der Waals surface area (Å²) >= 11 is 6.08. The molecule has 0 aliphatic heterocycles. The zero-order chi connectivity index (χ0) is 18.0. The number of hydrogen-bond acceptors (Lipinski definition) is 3. The highest BCUT2D eigenvalue weighted by Crippen LogP contribution is 2.26. The normalized spacial score (nSPS) is 10.6. The van der Waals surface area contributed by atoms with Gasteiger partial charge in [0.1, 0.15) is 11.6 Å². The maximum absolute atomic E-state index is 14.4. The van der Waals surface area contributed by atoms with E-state index in [0.717, 1.165) is 11.3 Å². The summed E-state index contributed by atoms with van der Waals surface area (Å²) in [4.78, 5) is 20.7. The lowest BCUT2D eigenvalue weighted by Gasteiger charge is -2.09. The highest BCUT2D eigenvalue weighted by atomic mass is 35.5. The summed E-state index contributed by atoms with van der Waals surface area (Å²) in [6, 6.07) is 11.3. The van der Waals surface area contributed by atoms with Crippen molar-refractivity contribution < 1.29 is 9.18 Å². The fraction of sp³-hybridized carbons (Fsp3) is 0.105. The number of benzene rings is 1. The lowest BCUT2D eigenvalue weighted by Crippen LogP contribution is -2.15. The van der Waals surface area contributed by atoms with Gasteiger partial charge >= 0.3 is 0 Å². The summed E-state index contributed by atoms with van der Waals surface area (Å²) in [6.45, 7) is 3.73. The van der Waals surface area contributed by atoms with Crippen molar-refractivity contribution in [3.8, 4) is 11.3 Å². The second-order valence-electron chi connectivity index (χ2n) is 5.65. The molecule has 6 heteroatoms. The molecule has 0 bridgehead atoms. The Bertz CT molecular complexity index is 939. The molecule has 3 rings (SSSR count). The fourth-order valence-electron chi connectivity index (χ4n) is 2.53. The van der Waals surface area contributed by atoms with Gasteiger partial charge in [-0.25, -0.2) is 9.37 Å². The molecule has 126 valence electrons. The first-order valence-corrected chi connectivity index (χ1v) is 7.99. The van der Waals surface area contributed by atoms with Crippen molar-refractivity contribution in [2.45, 2.75) is 13.8 Å². The Kier molecular flexibility index (Phi) is 4.76. The van der Waals surface area contributed by atoms with Crippen LogP contribution >= 0.6 is 11.6 Å². The van der Waals surface area contributed by atoms with Gasteiger partial charge in [0.05, 0.1) is 16.3 Å². The van der Waals surface area contributed by atoms with E-state index < -0.39 is 11.7 Å². The number of aromatic nitrogens is 2. The van der Waals surface area contributed by atoms with Gasteiger partial charge in [0.25, 0.3) is 5.91 Å². The molecular weight excluding hydrogens is 341 g/mol. The van der Waals surface area contributed by atoms with Crippen LogP contribution in [0.2, 0.25) is 5.02 Å². The van der Waals surface area contributed by atoms with Crippen LogP contribution in [-0.2, 0) is 0 Å². The average Bonchev–Trinajstić information content (AvgIpc) is 2.54. The molecule has 0 atom stereocenters. The van der Waals surface area contributed by atoms with Gasteiger partial charge in [-0.15, -0.1) is 0 Å². The standard InChI is InChI=1S/C19H15ClFN3O/c1-11-8-12(2)23-17(9-11)24-19(25)14-6-5-13(10-16(14)21)18-15(20)4-3-7-22-18/h3-10H,1-2H3,(H,23,24,25). The van der Waals surface area contributed by atoms with Crippen LogP contribution in [-0.4, -0.2) is 15.9 Å². The van der Waals surface area contributed by atoms with Crippen molar-refractivity contribution in [1.29, 1.82) is 0 Å². The van der Waals surface area contributed by atoms with Crippen LogP contribution in [0.25, 0.3) is 11.3 Å². The number of amides is 1. The molecule has 0 radical (unpaired) electrons. The van der Waals surface area contributed by atoms with E-state index in [1.165, 1.54) is 12.1 Å². The van der Waals surface area contributed by atoms with Crippen LogP contribution in [0.1, 0.15) is 21.6 Å². The number of pyridine rings is 2. The van der Waals surface area contributed by atoms with E-state index in [9.17, 15) is 9.18 Å². The van der Waals surface area contributed by atoms with Gasteiger partial charge in [0.2, 0.25) is 0 Å². The molecule has 0 unspecified atom stereocenters. The molecule has 1 aromatic carbocycles. The van der Waals surface area contributed by atoms with Gasteiger partial charge < -0.3 is 5.32 Å². The summed E-state index contributed by atoms with van der Waals surface area (Å²) < 4.78 is 14.4. The Balaban J connectivity index is 1.88. The number of anilines is 1. The van der Waals surface area contributed by atoms with Gasteiger partial charge in [-0.3, -0.25) is 9.78 Å². The number of carbonyl (C=O) groups excluding carboxylic acids is 1. The minimum Gasteiger partial charge on any atom is -0.306 e. The zero-order valence-corrected chi connectivity index (χ0v) is 14.4. The Morgan fingerprint density at radius 3 is 2.64 bits per heavy atom. The van der Waals surface area contributed by atoms with Crippen molar-refractivity contribution in [2.75, 3.05) is 5.32 Å². The maximum atomic E-state index is 14.4. The Morgan fingerprint density at radius 1 is 1.16 bits per heavy atom. The first kappa shape index (κ1) is 17.0. The number of nitrogens with one attached hydrogen (secondary N) is 1. The molecule has 4 nitrogen and oxygen atoms in total. The summed E-state index contributed by atoms with van der Waals surface area (Å²) in [7, 11) is 0. The minimum absolute atomic E-state index is 0.0724. The van der Waals surface area contributed by atoms with Crippen LogP contribution in [0.15, 0.2) is 48.7 Å². The van der Waals surface area contributed by atoms with E-state index in [2.05, 4.69) is 15.3 Å². The largest absolute Gasteiger partial charge is 0.306 e. The van der Waals surface area contributed by atoms with Crippen LogP contribution in [0.4, 0.5) is 10.2 Å². The molecular formula is C19H15ClFN3O. The molecule has 0 aliphatic carbocycles. The van der Waals surface area contributed by atoms with E-state index in [0.29, 0.717) is 22.1 Å². The van der Waals surface area contributed by atoms with Crippen LogP contribution in [0.3, 0.4) is 0 Å². The summed E-state index contributed by atoms with van der Waals surface area (Å²) in [6.07, 6.45) is 1.57. The van der Waals surface area contributed by atoms with Gasteiger partial charge in [-0.05, 0) is 55.8 Å². The number of rotatable bonds is 3. The molecule has 0 fully saturated rings. The zero-order valence-electron chi connectivity index (χ0n) is 13.7. The first-order chi connectivity index (χ1) is 11.9. The number of carbonyl (C=O) groups is 1. The van der Waals surface area contributed by atoms with Gasteiger partial charge in [0, 0.05) is 17.5 Å². The summed E-state index contributed by atoms with van der Waals surface area (Å²) in [5.74, 6) is -0.825. The van der Waals surface area contributed by atoms with E-state index in [-0.39, 0.29) is 5.56 Å². The number of halogens is 2. The highest BCUT2D eigenvalue weighted by molar-refractivity contribution is 6.33. The summed E-state index contributed by atoms with van der Waals surface area (Å²) in [5, 5.41) is 3.03. The van der Waals surface area contributed by atoms with E-state index in [4.69, 9.17) is 11.6 Å². The highest BCUT2D eigenvalue weighted by Gasteiger charge is 2.15. The fourth-order valence-corrected chi connectivity index (χ4v) is 2.76. The molecule has 2 heterocycles. The third kappa shape index (κ3) is 3.83. The monoisotopic (exact) mass is 355 g/mol. The topological polar surface area (TPSA) is 54.9 Å². The van der Waals surface area contributed by atoms with E-state index >= 15 is 0 Å². The third-order valence-corrected chi connectivity index (χ3v) is 3.89. The van der Waals surface area contributed by atoms with E-state index in [1.54, 1.807) is 30.5 Å². The SMILES string of the molecule is Cc1cc(C)nc(NC(=O)c2ccc(-c3ncccc3Cl)cc2F)c1.